The van der Waals surface area contributed by atoms with Gasteiger partial charge in [0.05, 0.1) is 16.6 Å². The van der Waals surface area contributed by atoms with E-state index in [1.807, 2.05) is 32.8 Å². The lowest BCUT2D eigenvalue weighted by Gasteiger charge is -2.35. The van der Waals surface area contributed by atoms with Gasteiger partial charge in [-0.25, -0.2) is 18.4 Å². The Bertz CT molecular complexity index is 1050. The number of sulfone groups is 1. The topological polar surface area (TPSA) is 109 Å². The Morgan fingerprint density at radius 2 is 1.81 bits per heavy atom. The van der Waals surface area contributed by atoms with E-state index in [-0.39, 0.29) is 22.5 Å². The number of benzene rings is 1. The first-order valence-electron chi connectivity index (χ1n) is 9.97. The highest BCUT2D eigenvalue weighted by atomic mass is 32.2. The van der Waals surface area contributed by atoms with Crippen molar-refractivity contribution in [3.8, 4) is 5.75 Å². The highest BCUT2D eigenvalue weighted by molar-refractivity contribution is 7.90. The van der Waals surface area contributed by atoms with Gasteiger partial charge in [0.25, 0.3) is 5.91 Å². The monoisotopic (exact) mass is 448 g/mol. The third-order valence-corrected chi connectivity index (χ3v) is 5.88. The molecule has 1 aliphatic rings. The highest BCUT2D eigenvalue weighted by Gasteiger charge is 2.27. The van der Waals surface area contributed by atoms with Gasteiger partial charge < -0.3 is 19.4 Å². The minimum absolute atomic E-state index is 0.0898. The van der Waals surface area contributed by atoms with E-state index in [0.29, 0.717) is 43.8 Å². The van der Waals surface area contributed by atoms with Crippen molar-refractivity contribution in [3.63, 3.8) is 0 Å². The van der Waals surface area contributed by atoms with Crippen LogP contribution in [0.3, 0.4) is 0 Å². The molecule has 0 bridgehead atoms. The minimum Gasteiger partial charge on any atom is -0.490 e. The van der Waals surface area contributed by atoms with E-state index in [1.54, 1.807) is 15.9 Å². The summed E-state index contributed by atoms with van der Waals surface area (Å²) in [4.78, 5) is 31.7. The van der Waals surface area contributed by atoms with E-state index in [2.05, 4.69) is 15.0 Å². The number of carbonyl (C=O) groups is 1. The molecule has 1 aromatic heterocycles. The fraction of sp³-hybridized carbons (Fsp3) is 0.500. The zero-order chi connectivity index (χ0) is 22.8. The van der Waals surface area contributed by atoms with Crippen LogP contribution in [0.15, 0.2) is 29.4 Å². The lowest BCUT2D eigenvalue weighted by molar-refractivity contribution is 0.0739. The maximum atomic E-state index is 13.3. The van der Waals surface area contributed by atoms with E-state index in [9.17, 15) is 13.2 Å². The van der Waals surface area contributed by atoms with Crippen LogP contribution in [0.5, 0.6) is 5.75 Å². The molecule has 1 fully saturated rings. The van der Waals surface area contributed by atoms with Crippen molar-refractivity contribution < 1.29 is 17.9 Å². The summed E-state index contributed by atoms with van der Waals surface area (Å²) in [7, 11) is 0.265. The normalized spacial score (nSPS) is 14.6. The van der Waals surface area contributed by atoms with Gasteiger partial charge in [-0.2, -0.15) is 4.98 Å². The van der Waals surface area contributed by atoms with Crippen LogP contribution in [-0.2, 0) is 9.84 Å². The molecule has 0 N–H and O–H groups in total. The van der Waals surface area contributed by atoms with Gasteiger partial charge in [-0.3, -0.25) is 4.79 Å². The molecule has 1 saturated heterocycles. The average molecular weight is 449 g/mol. The Morgan fingerprint density at radius 1 is 1.13 bits per heavy atom. The number of carbonyl (C=O) groups excluding carboxylic acids is 1. The molecule has 168 valence electrons. The summed E-state index contributed by atoms with van der Waals surface area (Å²) in [5, 5.41) is 0. The molecule has 0 radical (unpaired) electrons. The van der Waals surface area contributed by atoms with Gasteiger partial charge in [-0.05, 0) is 32.0 Å². The Balaban J connectivity index is 1.79. The third-order valence-electron chi connectivity index (χ3n) is 4.77. The molecule has 1 aromatic carbocycles. The Morgan fingerprint density at radius 3 is 2.39 bits per heavy atom. The number of amides is 1. The van der Waals surface area contributed by atoms with Gasteiger partial charge in [0.2, 0.25) is 11.9 Å². The van der Waals surface area contributed by atoms with Gasteiger partial charge in [0.15, 0.2) is 9.84 Å². The quantitative estimate of drug-likeness (QED) is 0.641. The Kier molecular flexibility index (Phi) is 6.63. The number of hydrogen-bond acceptors (Lipinski definition) is 9. The number of nitrogens with zero attached hydrogens (tertiary/aromatic N) is 6. The van der Waals surface area contributed by atoms with Crippen molar-refractivity contribution in [1.82, 2.24) is 19.9 Å². The summed E-state index contributed by atoms with van der Waals surface area (Å²) < 4.78 is 29.8. The van der Waals surface area contributed by atoms with Crippen molar-refractivity contribution >= 4 is 27.6 Å². The van der Waals surface area contributed by atoms with Crippen molar-refractivity contribution in [2.45, 2.75) is 24.8 Å². The Labute approximate surface area is 182 Å². The number of rotatable bonds is 6. The van der Waals surface area contributed by atoms with Crippen LogP contribution in [-0.4, -0.2) is 86.8 Å². The molecular formula is C20H28N6O4S. The van der Waals surface area contributed by atoms with Gasteiger partial charge in [-0.1, -0.05) is 0 Å². The number of piperazine rings is 1. The van der Waals surface area contributed by atoms with Crippen LogP contribution >= 0.6 is 0 Å². The first-order chi connectivity index (χ1) is 14.6. The van der Waals surface area contributed by atoms with Crippen LogP contribution in [0.25, 0.3) is 0 Å². The molecule has 31 heavy (non-hydrogen) atoms. The summed E-state index contributed by atoms with van der Waals surface area (Å²) in [6.07, 6.45) is 2.44. The lowest BCUT2D eigenvalue weighted by Crippen LogP contribution is -2.49. The number of hydrogen-bond donors (Lipinski definition) is 0. The molecule has 10 nitrogen and oxygen atoms in total. The zero-order valence-corrected chi connectivity index (χ0v) is 19.3. The minimum atomic E-state index is -3.45. The van der Waals surface area contributed by atoms with Crippen molar-refractivity contribution in [2.75, 3.05) is 56.3 Å². The first kappa shape index (κ1) is 22.7. The van der Waals surface area contributed by atoms with Crippen LogP contribution in [0.1, 0.15) is 24.2 Å². The molecule has 0 unspecified atom stereocenters. The van der Waals surface area contributed by atoms with E-state index < -0.39 is 9.84 Å². The zero-order valence-electron chi connectivity index (χ0n) is 18.4. The number of aromatic nitrogens is 3. The first-order valence-corrected chi connectivity index (χ1v) is 11.9. The van der Waals surface area contributed by atoms with Crippen LogP contribution < -0.4 is 14.5 Å². The molecule has 0 saturated carbocycles. The highest BCUT2D eigenvalue weighted by Crippen LogP contribution is 2.26. The summed E-state index contributed by atoms with van der Waals surface area (Å²) >= 11 is 0. The van der Waals surface area contributed by atoms with Gasteiger partial charge in [-0.15, -0.1) is 0 Å². The fourth-order valence-corrected chi connectivity index (χ4v) is 3.84. The predicted molar refractivity (Wildman–Crippen MR) is 118 cm³/mol. The van der Waals surface area contributed by atoms with Gasteiger partial charge in [0.1, 0.15) is 12.1 Å². The van der Waals surface area contributed by atoms with Gasteiger partial charge in [0, 0.05) is 46.5 Å². The van der Waals surface area contributed by atoms with Crippen LogP contribution in [0.2, 0.25) is 0 Å². The molecule has 1 amide bonds. The SMILES string of the molecule is CC(C)Oc1ccc(S(C)(=O)=O)cc1C(=O)N1CCN(c2ncnc(N(C)C)n2)CC1. The van der Waals surface area contributed by atoms with Crippen LogP contribution in [0, 0.1) is 0 Å². The second kappa shape index (κ2) is 9.04. The third kappa shape index (κ3) is 5.40. The largest absolute Gasteiger partial charge is 0.490 e. The fourth-order valence-electron chi connectivity index (χ4n) is 3.19. The molecule has 2 heterocycles. The standard InChI is InChI=1S/C20H28N6O4S/c1-14(2)30-17-7-6-15(31(5,28)29)12-16(17)18(27)25-8-10-26(11-9-25)20-22-13-21-19(23-20)24(3)4/h6-7,12-14H,8-11H2,1-5H3. The van der Waals surface area contributed by atoms with Crippen molar-refractivity contribution in [1.29, 1.82) is 0 Å². The smallest absolute Gasteiger partial charge is 0.257 e. The van der Waals surface area contributed by atoms with E-state index in [4.69, 9.17) is 4.74 Å². The molecular weight excluding hydrogens is 420 g/mol. The lowest BCUT2D eigenvalue weighted by atomic mass is 10.1. The molecule has 3 rings (SSSR count). The van der Waals surface area contributed by atoms with E-state index in [0.717, 1.165) is 6.26 Å². The van der Waals surface area contributed by atoms with Crippen molar-refractivity contribution in [2.24, 2.45) is 0 Å². The second-order valence-corrected chi connectivity index (χ2v) is 9.87. The van der Waals surface area contributed by atoms with E-state index in [1.165, 1.54) is 18.5 Å². The predicted octanol–water partition coefficient (Wildman–Crippen LogP) is 1.09. The second-order valence-electron chi connectivity index (χ2n) is 7.86. The summed E-state index contributed by atoms with van der Waals surface area (Å²) in [6, 6.07) is 4.41. The van der Waals surface area contributed by atoms with Gasteiger partial charge >= 0.3 is 0 Å². The summed E-state index contributed by atoms with van der Waals surface area (Å²) in [5.74, 6) is 1.25. The number of ether oxygens (including phenoxy) is 1. The maximum Gasteiger partial charge on any atom is 0.257 e. The molecule has 0 spiro atoms. The number of anilines is 2. The molecule has 0 aliphatic carbocycles. The van der Waals surface area contributed by atoms with Crippen molar-refractivity contribution in [3.05, 3.63) is 30.1 Å². The molecule has 2 aromatic rings. The Hall–Kier alpha value is -2.95. The van der Waals surface area contributed by atoms with E-state index >= 15 is 0 Å². The average Bonchev–Trinajstić information content (AvgIpc) is 2.72. The molecule has 11 heteroatoms. The maximum absolute atomic E-state index is 13.3. The molecule has 0 atom stereocenters. The summed E-state index contributed by atoms with van der Waals surface area (Å²) in [6.45, 7) is 5.71. The molecule has 1 aliphatic heterocycles. The summed E-state index contributed by atoms with van der Waals surface area (Å²) in [5.41, 5.74) is 0.250. The van der Waals surface area contributed by atoms with Crippen LogP contribution in [0.4, 0.5) is 11.9 Å².